The minimum Gasteiger partial charge on any atom is -0.481 e. The molecule has 1 aliphatic heterocycles. The first-order valence-corrected chi connectivity index (χ1v) is 9.26. The molecule has 0 bridgehead atoms. The molecule has 8 heteroatoms. The molecule has 3 heterocycles. The van der Waals surface area contributed by atoms with E-state index in [4.69, 9.17) is 10.5 Å². The molecule has 0 aromatic carbocycles. The van der Waals surface area contributed by atoms with Gasteiger partial charge in [0.1, 0.15) is 5.69 Å². The number of aromatic nitrogens is 2. The largest absolute Gasteiger partial charge is 0.481 e. The van der Waals surface area contributed by atoms with Gasteiger partial charge < -0.3 is 25.7 Å². The lowest BCUT2D eigenvalue weighted by molar-refractivity contribution is -0.127. The summed E-state index contributed by atoms with van der Waals surface area (Å²) >= 11 is 0. The second kappa shape index (κ2) is 9.18. The second-order valence-electron chi connectivity index (χ2n) is 6.62. The van der Waals surface area contributed by atoms with Crippen molar-refractivity contribution < 1.29 is 9.53 Å². The Hall–Kier alpha value is -3.13. The number of ether oxygens (including phenoxy) is 1. The van der Waals surface area contributed by atoms with Gasteiger partial charge in [-0.05, 0) is 30.5 Å². The summed E-state index contributed by atoms with van der Waals surface area (Å²) in [5.74, 6) is 0.452. The number of H-pyrrole nitrogens is 1. The van der Waals surface area contributed by atoms with Crippen LogP contribution in [-0.4, -0.2) is 53.6 Å². The molecule has 2 aromatic rings. The number of nitrogens with one attached hydrogen (secondary N) is 2. The van der Waals surface area contributed by atoms with Gasteiger partial charge in [-0.3, -0.25) is 9.59 Å². The summed E-state index contributed by atoms with van der Waals surface area (Å²) in [7, 11) is 1.56. The van der Waals surface area contributed by atoms with E-state index in [0.717, 1.165) is 24.0 Å². The van der Waals surface area contributed by atoms with Gasteiger partial charge in [-0.25, -0.2) is 4.98 Å². The Bertz CT molecular complexity index is 909. The van der Waals surface area contributed by atoms with E-state index < -0.39 is 0 Å². The zero-order chi connectivity index (χ0) is 19.9. The van der Waals surface area contributed by atoms with Gasteiger partial charge in [0.2, 0.25) is 11.8 Å². The van der Waals surface area contributed by atoms with Crippen LogP contribution in [-0.2, 0) is 4.79 Å². The SMILES string of the molecule is COc1cc(-c2c[nH]c(=O)c(N[C@@H]3CCCN(C(=O)C=CCN)C3)c2)ccn1. The molecule has 0 aliphatic carbocycles. The molecule has 1 atom stereocenters. The number of pyridine rings is 2. The molecule has 0 spiro atoms. The first-order chi connectivity index (χ1) is 13.6. The van der Waals surface area contributed by atoms with Gasteiger partial charge in [0.05, 0.1) is 7.11 Å². The van der Waals surface area contributed by atoms with E-state index in [1.165, 1.54) is 6.08 Å². The van der Waals surface area contributed by atoms with Crippen LogP contribution in [0.3, 0.4) is 0 Å². The summed E-state index contributed by atoms with van der Waals surface area (Å²) < 4.78 is 5.16. The number of nitrogens with zero attached hydrogens (tertiary/aromatic N) is 2. The molecule has 0 unspecified atom stereocenters. The van der Waals surface area contributed by atoms with Crippen LogP contribution in [0, 0.1) is 0 Å². The fraction of sp³-hybridized carbons (Fsp3) is 0.350. The van der Waals surface area contributed by atoms with E-state index in [1.54, 1.807) is 30.5 Å². The predicted molar refractivity (Wildman–Crippen MR) is 108 cm³/mol. The number of nitrogens with two attached hydrogens (primary N) is 1. The van der Waals surface area contributed by atoms with Gasteiger partial charge in [0.25, 0.3) is 5.56 Å². The van der Waals surface area contributed by atoms with E-state index in [9.17, 15) is 9.59 Å². The Morgan fingerprint density at radius 1 is 1.46 bits per heavy atom. The minimum atomic E-state index is -0.198. The maximum absolute atomic E-state index is 12.3. The Balaban J connectivity index is 1.75. The van der Waals surface area contributed by atoms with Crippen LogP contribution < -0.4 is 21.3 Å². The topological polar surface area (TPSA) is 113 Å². The number of hydrogen-bond donors (Lipinski definition) is 3. The number of piperidine rings is 1. The van der Waals surface area contributed by atoms with Gasteiger partial charge in [-0.2, -0.15) is 0 Å². The van der Waals surface area contributed by atoms with E-state index in [0.29, 0.717) is 31.2 Å². The Labute approximate surface area is 163 Å². The number of likely N-dealkylation sites (tertiary alicyclic amines) is 1. The lowest BCUT2D eigenvalue weighted by Gasteiger charge is -2.33. The molecule has 4 N–H and O–H groups in total. The third-order valence-corrected chi connectivity index (χ3v) is 4.67. The van der Waals surface area contributed by atoms with Crippen LogP contribution in [0.5, 0.6) is 5.88 Å². The normalized spacial score (nSPS) is 16.9. The number of hydrogen-bond acceptors (Lipinski definition) is 6. The van der Waals surface area contributed by atoms with E-state index in [2.05, 4.69) is 15.3 Å². The molecule has 0 saturated carbocycles. The fourth-order valence-corrected chi connectivity index (χ4v) is 3.25. The first kappa shape index (κ1) is 19.6. The van der Waals surface area contributed by atoms with Crippen molar-refractivity contribution in [1.82, 2.24) is 14.9 Å². The highest BCUT2D eigenvalue weighted by molar-refractivity contribution is 5.87. The van der Waals surface area contributed by atoms with Gasteiger partial charge in [0, 0.05) is 55.8 Å². The maximum Gasteiger partial charge on any atom is 0.271 e. The van der Waals surface area contributed by atoms with Crippen molar-refractivity contribution in [3.63, 3.8) is 0 Å². The molecule has 8 nitrogen and oxygen atoms in total. The van der Waals surface area contributed by atoms with Gasteiger partial charge >= 0.3 is 0 Å². The molecule has 3 rings (SSSR count). The van der Waals surface area contributed by atoms with Crippen molar-refractivity contribution in [1.29, 1.82) is 0 Å². The molecule has 148 valence electrons. The van der Waals surface area contributed by atoms with Crippen molar-refractivity contribution in [2.45, 2.75) is 18.9 Å². The lowest BCUT2D eigenvalue weighted by atomic mass is 10.0. The lowest BCUT2D eigenvalue weighted by Crippen LogP contribution is -2.45. The van der Waals surface area contributed by atoms with Gasteiger partial charge in [-0.1, -0.05) is 6.08 Å². The summed E-state index contributed by atoms with van der Waals surface area (Å²) in [6, 6.07) is 5.47. The molecule has 1 fully saturated rings. The van der Waals surface area contributed by atoms with Crippen LogP contribution in [0.4, 0.5) is 5.69 Å². The van der Waals surface area contributed by atoms with Crippen molar-refractivity contribution in [2.24, 2.45) is 5.73 Å². The minimum absolute atomic E-state index is 0.00676. The summed E-state index contributed by atoms with van der Waals surface area (Å²) in [6.45, 7) is 1.59. The Kier molecular flexibility index (Phi) is 6.44. The fourth-order valence-electron chi connectivity index (χ4n) is 3.25. The number of methoxy groups -OCH3 is 1. The standard InChI is InChI=1S/C20H25N5O3/c1-28-18-11-14(6-8-22-18)15-10-17(20(27)23-12-15)24-16-4-3-9-25(13-16)19(26)5-2-7-21/h2,5-6,8,10-12,16,24H,3-4,7,9,13,21H2,1H3,(H,23,27)/t16-/m1/s1. The number of rotatable bonds is 6. The third kappa shape index (κ3) is 4.77. The van der Waals surface area contributed by atoms with E-state index >= 15 is 0 Å². The highest BCUT2D eigenvalue weighted by atomic mass is 16.5. The number of aromatic amines is 1. The highest BCUT2D eigenvalue weighted by Crippen LogP contribution is 2.23. The number of carbonyl (C=O) groups excluding carboxylic acids is 1. The zero-order valence-corrected chi connectivity index (χ0v) is 15.9. The van der Waals surface area contributed by atoms with Crippen molar-refractivity contribution in [2.75, 3.05) is 32.1 Å². The highest BCUT2D eigenvalue weighted by Gasteiger charge is 2.23. The first-order valence-electron chi connectivity index (χ1n) is 9.26. The number of carbonyl (C=O) groups is 1. The summed E-state index contributed by atoms with van der Waals surface area (Å²) in [4.78, 5) is 33.1. The molecule has 1 saturated heterocycles. The third-order valence-electron chi connectivity index (χ3n) is 4.67. The maximum atomic E-state index is 12.3. The predicted octanol–water partition coefficient (Wildman–Crippen LogP) is 1.36. The molecule has 1 amide bonds. The van der Waals surface area contributed by atoms with Crippen LogP contribution in [0.25, 0.3) is 11.1 Å². The molecule has 28 heavy (non-hydrogen) atoms. The molecule has 0 radical (unpaired) electrons. The summed E-state index contributed by atoms with van der Waals surface area (Å²) in [5, 5.41) is 3.30. The van der Waals surface area contributed by atoms with Crippen molar-refractivity contribution in [3.05, 3.63) is 53.1 Å². The summed E-state index contributed by atoms with van der Waals surface area (Å²) in [5.41, 5.74) is 7.42. The monoisotopic (exact) mass is 383 g/mol. The van der Waals surface area contributed by atoms with E-state index in [-0.39, 0.29) is 17.5 Å². The number of amides is 1. The second-order valence-corrected chi connectivity index (χ2v) is 6.62. The quantitative estimate of drug-likeness (QED) is 0.649. The smallest absolute Gasteiger partial charge is 0.271 e. The van der Waals surface area contributed by atoms with Gasteiger partial charge in [0.15, 0.2) is 0 Å². The van der Waals surface area contributed by atoms with Crippen molar-refractivity contribution >= 4 is 11.6 Å². The molecular weight excluding hydrogens is 358 g/mol. The Morgan fingerprint density at radius 2 is 2.32 bits per heavy atom. The van der Waals surface area contributed by atoms with Crippen molar-refractivity contribution in [3.8, 4) is 17.0 Å². The molecule has 2 aromatic heterocycles. The van der Waals surface area contributed by atoms with Crippen LogP contribution in [0.15, 0.2) is 47.5 Å². The molecular formula is C20H25N5O3. The van der Waals surface area contributed by atoms with Crippen LogP contribution in [0.1, 0.15) is 12.8 Å². The number of anilines is 1. The average molecular weight is 383 g/mol. The molecule has 1 aliphatic rings. The van der Waals surface area contributed by atoms with E-state index in [1.807, 2.05) is 18.2 Å². The summed E-state index contributed by atoms with van der Waals surface area (Å²) in [6.07, 6.45) is 8.24. The van der Waals surface area contributed by atoms with Crippen LogP contribution >= 0.6 is 0 Å². The van der Waals surface area contributed by atoms with Crippen LogP contribution in [0.2, 0.25) is 0 Å². The zero-order valence-electron chi connectivity index (χ0n) is 15.9. The average Bonchev–Trinajstić information content (AvgIpc) is 2.73. The Morgan fingerprint density at radius 3 is 3.11 bits per heavy atom. The van der Waals surface area contributed by atoms with Gasteiger partial charge in [-0.15, -0.1) is 0 Å².